The molecule has 0 amide bonds. The molecule has 0 bridgehead atoms. The van der Waals surface area contributed by atoms with Crippen LogP contribution in [0, 0.1) is 0 Å². The highest BCUT2D eigenvalue weighted by atomic mass is 19.1. The molecular weight excluding hydrogens is 193 g/mol. The van der Waals surface area contributed by atoms with E-state index >= 15 is 0 Å². The molecule has 0 atom stereocenters. The summed E-state index contributed by atoms with van der Waals surface area (Å²) in [4.78, 5) is 0. The van der Waals surface area contributed by atoms with Crippen LogP contribution in [-0.2, 0) is 13.7 Å². The summed E-state index contributed by atoms with van der Waals surface area (Å²) in [5, 5.41) is 4.05. The van der Waals surface area contributed by atoms with Gasteiger partial charge < -0.3 is 5.73 Å². The topological polar surface area (TPSA) is 43.8 Å². The van der Waals surface area contributed by atoms with Crippen molar-refractivity contribution in [3.8, 4) is 11.1 Å². The summed E-state index contributed by atoms with van der Waals surface area (Å²) in [5.41, 5.74) is 8.22. The van der Waals surface area contributed by atoms with Crippen LogP contribution in [0.2, 0.25) is 0 Å². The zero-order chi connectivity index (χ0) is 10.8. The lowest BCUT2D eigenvalue weighted by Gasteiger charge is -2.02. The molecule has 0 aliphatic heterocycles. The van der Waals surface area contributed by atoms with E-state index < -0.39 is 6.67 Å². The molecule has 0 unspecified atom stereocenters. The fourth-order valence-corrected chi connectivity index (χ4v) is 1.49. The van der Waals surface area contributed by atoms with Crippen LogP contribution in [0.15, 0.2) is 30.5 Å². The van der Waals surface area contributed by atoms with E-state index in [4.69, 9.17) is 5.73 Å². The molecule has 3 nitrogen and oxygen atoms in total. The lowest BCUT2D eigenvalue weighted by Crippen LogP contribution is -1.98. The standard InChI is InChI=1S/C11H12FN3/c1-15-11(13)10(7-14-15)9-4-2-3-8(5-9)6-12/h2-5,7H,6,13H2,1H3. The fourth-order valence-electron chi connectivity index (χ4n) is 1.49. The number of alkyl halides is 1. The Bertz CT molecular complexity index is 476. The van der Waals surface area contributed by atoms with Crippen molar-refractivity contribution in [2.24, 2.45) is 7.05 Å². The van der Waals surface area contributed by atoms with Crippen LogP contribution in [0.4, 0.5) is 10.2 Å². The average Bonchev–Trinajstić information content (AvgIpc) is 2.60. The molecule has 15 heavy (non-hydrogen) atoms. The van der Waals surface area contributed by atoms with Crippen molar-refractivity contribution in [3.63, 3.8) is 0 Å². The average molecular weight is 205 g/mol. The number of nitrogens with zero attached hydrogens (tertiary/aromatic N) is 2. The van der Waals surface area contributed by atoms with E-state index in [2.05, 4.69) is 5.10 Å². The van der Waals surface area contributed by atoms with E-state index in [0.29, 0.717) is 11.4 Å². The Balaban J connectivity index is 2.49. The summed E-state index contributed by atoms with van der Waals surface area (Å²) in [6.45, 7) is -0.464. The van der Waals surface area contributed by atoms with Gasteiger partial charge in [0, 0.05) is 12.6 Å². The van der Waals surface area contributed by atoms with Crippen molar-refractivity contribution in [2.45, 2.75) is 6.67 Å². The third kappa shape index (κ3) is 1.70. The maximum absolute atomic E-state index is 12.5. The molecule has 1 aromatic heterocycles. The highest BCUT2D eigenvalue weighted by Crippen LogP contribution is 2.25. The van der Waals surface area contributed by atoms with Gasteiger partial charge in [0.15, 0.2) is 0 Å². The molecule has 78 valence electrons. The van der Waals surface area contributed by atoms with E-state index in [1.807, 2.05) is 12.1 Å². The molecule has 0 saturated carbocycles. The molecule has 2 rings (SSSR count). The Kier molecular flexibility index (Phi) is 2.41. The van der Waals surface area contributed by atoms with Gasteiger partial charge in [0.1, 0.15) is 12.5 Å². The van der Waals surface area contributed by atoms with Crippen LogP contribution in [0.1, 0.15) is 5.56 Å². The number of aromatic nitrogens is 2. The third-order valence-electron chi connectivity index (χ3n) is 2.38. The molecule has 1 heterocycles. The van der Waals surface area contributed by atoms with Gasteiger partial charge in [-0.05, 0) is 17.2 Å². The number of hydrogen-bond acceptors (Lipinski definition) is 2. The summed E-state index contributed by atoms with van der Waals surface area (Å²) in [7, 11) is 1.78. The van der Waals surface area contributed by atoms with Crippen LogP contribution < -0.4 is 5.73 Å². The Morgan fingerprint density at radius 3 is 2.87 bits per heavy atom. The zero-order valence-corrected chi connectivity index (χ0v) is 8.44. The second kappa shape index (κ2) is 3.73. The van der Waals surface area contributed by atoms with Crippen LogP contribution in [0.5, 0.6) is 0 Å². The summed E-state index contributed by atoms with van der Waals surface area (Å²) in [5.74, 6) is 0.589. The van der Waals surface area contributed by atoms with Crippen LogP contribution in [0.3, 0.4) is 0 Å². The molecular formula is C11H12FN3. The van der Waals surface area contributed by atoms with Crippen LogP contribution in [-0.4, -0.2) is 9.78 Å². The predicted octanol–water partition coefficient (Wildman–Crippen LogP) is 2.14. The van der Waals surface area contributed by atoms with Gasteiger partial charge in [-0.25, -0.2) is 4.39 Å². The normalized spacial score (nSPS) is 10.5. The smallest absolute Gasteiger partial charge is 0.129 e. The van der Waals surface area contributed by atoms with Crippen LogP contribution in [0.25, 0.3) is 11.1 Å². The van der Waals surface area contributed by atoms with Crippen molar-refractivity contribution < 1.29 is 4.39 Å². The van der Waals surface area contributed by atoms with Gasteiger partial charge in [-0.1, -0.05) is 18.2 Å². The van der Waals surface area contributed by atoms with Crippen molar-refractivity contribution in [1.29, 1.82) is 0 Å². The summed E-state index contributed by atoms with van der Waals surface area (Å²) >= 11 is 0. The third-order valence-corrected chi connectivity index (χ3v) is 2.38. The second-order valence-electron chi connectivity index (χ2n) is 3.40. The molecule has 0 saturated heterocycles. The Morgan fingerprint density at radius 2 is 2.27 bits per heavy atom. The van der Waals surface area contributed by atoms with Gasteiger partial charge >= 0.3 is 0 Å². The SMILES string of the molecule is Cn1ncc(-c2cccc(CF)c2)c1N. The van der Waals surface area contributed by atoms with Crippen molar-refractivity contribution in [2.75, 3.05) is 5.73 Å². The van der Waals surface area contributed by atoms with Crippen molar-refractivity contribution >= 4 is 5.82 Å². The van der Waals surface area contributed by atoms with Gasteiger partial charge in [-0.2, -0.15) is 5.10 Å². The van der Waals surface area contributed by atoms with Crippen molar-refractivity contribution in [1.82, 2.24) is 9.78 Å². The molecule has 0 spiro atoms. The van der Waals surface area contributed by atoms with E-state index in [1.165, 1.54) is 0 Å². The molecule has 2 N–H and O–H groups in total. The number of benzene rings is 1. The highest BCUT2D eigenvalue weighted by molar-refractivity contribution is 5.73. The summed E-state index contributed by atoms with van der Waals surface area (Å²) < 4.78 is 14.1. The molecule has 0 fully saturated rings. The molecule has 0 radical (unpaired) electrons. The summed E-state index contributed by atoms with van der Waals surface area (Å²) in [6.07, 6.45) is 1.69. The fraction of sp³-hybridized carbons (Fsp3) is 0.182. The predicted molar refractivity (Wildman–Crippen MR) is 57.9 cm³/mol. The lowest BCUT2D eigenvalue weighted by atomic mass is 10.1. The number of rotatable bonds is 2. The minimum Gasteiger partial charge on any atom is -0.383 e. The number of aryl methyl sites for hydroxylation is 1. The minimum absolute atomic E-state index is 0.464. The first-order valence-corrected chi connectivity index (χ1v) is 4.65. The molecule has 2 aromatic rings. The molecule has 1 aromatic carbocycles. The first-order chi connectivity index (χ1) is 7.22. The first kappa shape index (κ1) is 9.71. The highest BCUT2D eigenvalue weighted by Gasteiger charge is 2.07. The largest absolute Gasteiger partial charge is 0.383 e. The molecule has 0 aliphatic carbocycles. The molecule has 4 heteroatoms. The van der Waals surface area contributed by atoms with E-state index in [0.717, 1.165) is 11.1 Å². The van der Waals surface area contributed by atoms with Gasteiger partial charge in [-0.15, -0.1) is 0 Å². The molecule has 0 aliphatic rings. The Morgan fingerprint density at radius 1 is 1.47 bits per heavy atom. The second-order valence-corrected chi connectivity index (χ2v) is 3.40. The number of nitrogen functional groups attached to an aromatic ring is 1. The van der Waals surface area contributed by atoms with Gasteiger partial charge in [0.25, 0.3) is 0 Å². The van der Waals surface area contributed by atoms with E-state index in [-0.39, 0.29) is 0 Å². The van der Waals surface area contributed by atoms with E-state index in [9.17, 15) is 4.39 Å². The maximum atomic E-state index is 12.5. The number of nitrogens with two attached hydrogens (primary N) is 1. The lowest BCUT2D eigenvalue weighted by molar-refractivity contribution is 0.485. The summed E-state index contributed by atoms with van der Waals surface area (Å²) in [6, 6.07) is 7.24. The maximum Gasteiger partial charge on any atom is 0.129 e. The number of halogens is 1. The van der Waals surface area contributed by atoms with Gasteiger partial charge in [0.2, 0.25) is 0 Å². The zero-order valence-electron chi connectivity index (χ0n) is 8.44. The number of anilines is 1. The minimum atomic E-state index is -0.464. The van der Waals surface area contributed by atoms with Crippen molar-refractivity contribution in [3.05, 3.63) is 36.0 Å². The first-order valence-electron chi connectivity index (χ1n) is 4.65. The number of hydrogen-bond donors (Lipinski definition) is 1. The monoisotopic (exact) mass is 205 g/mol. The van der Waals surface area contributed by atoms with E-state index in [1.54, 1.807) is 30.1 Å². The van der Waals surface area contributed by atoms with Gasteiger partial charge in [-0.3, -0.25) is 4.68 Å². The quantitative estimate of drug-likeness (QED) is 0.816. The van der Waals surface area contributed by atoms with Gasteiger partial charge in [0.05, 0.1) is 6.20 Å². The Labute approximate surface area is 87.3 Å². The Hall–Kier alpha value is -1.84. The van der Waals surface area contributed by atoms with Crippen LogP contribution >= 0.6 is 0 Å².